The third-order valence-corrected chi connectivity index (χ3v) is 5.20. The molecule has 1 aromatic heterocycles. The molecule has 3 aromatic rings. The minimum absolute atomic E-state index is 0.498. The zero-order chi connectivity index (χ0) is 16.6. The standard InChI is InChI=1S/C17H16ClN3S2/c1-9-4-5-12(8-13(9)18)19-16(22)21-17-20-14-6-10(2)11(3)7-15(14)23-17/h4-8H,1-3H3,(H2,19,20,21,22). The Labute approximate surface area is 149 Å². The average Bonchev–Trinajstić information content (AvgIpc) is 2.84. The number of aryl methyl sites for hydroxylation is 3. The summed E-state index contributed by atoms with van der Waals surface area (Å²) in [6.07, 6.45) is 0. The summed E-state index contributed by atoms with van der Waals surface area (Å²) < 4.78 is 1.15. The number of fused-ring (bicyclic) bond motifs is 1. The minimum Gasteiger partial charge on any atom is -0.332 e. The van der Waals surface area contributed by atoms with Crippen LogP contribution >= 0.6 is 35.2 Å². The predicted octanol–water partition coefficient (Wildman–Crippen LogP) is 5.68. The van der Waals surface area contributed by atoms with Gasteiger partial charge < -0.3 is 10.6 Å². The molecule has 6 heteroatoms. The highest BCUT2D eigenvalue weighted by Crippen LogP contribution is 2.28. The zero-order valence-corrected chi connectivity index (χ0v) is 15.4. The highest BCUT2D eigenvalue weighted by atomic mass is 35.5. The van der Waals surface area contributed by atoms with Gasteiger partial charge in [-0.05, 0) is 73.9 Å². The average molecular weight is 362 g/mol. The van der Waals surface area contributed by atoms with Crippen LogP contribution in [0.4, 0.5) is 10.8 Å². The molecule has 2 aromatic carbocycles. The Balaban J connectivity index is 1.75. The monoisotopic (exact) mass is 361 g/mol. The van der Waals surface area contributed by atoms with E-state index in [0.717, 1.165) is 26.6 Å². The van der Waals surface area contributed by atoms with Gasteiger partial charge in [-0.25, -0.2) is 4.98 Å². The molecule has 0 fully saturated rings. The number of halogens is 1. The van der Waals surface area contributed by atoms with E-state index in [-0.39, 0.29) is 0 Å². The fourth-order valence-electron chi connectivity index (χ4n) is 2.16. The molecule has 0 aliphatic rings. The first-order chi connectivity index (χ1) is 10.9. The molecule has 2 N–H and O–H groups in total. The number of rotatable bonds is 2. The van der Waals surface area contributed by atoms with Crippen molar-refractivity contribution in [2.24, 2.45) is 0 Å². The Bertz CT molecular complexity index is 863. The molecule has 0 saturated heterocycles. The normalized spacial score (nSPS) is 10.8. The number of nitrogens with zero attached hydrogens (tertiary/aromatic N) is 1. The van der Waals surface area contributed by atoms with Gasteiger partial charge in [-0.15, -0.1) is 0 Å². The fourth-order valence-corrected chi connectivity index (χ4v) is 3.57. The Morgan fingerprint density at radius 1 is 1.04 bits per heavy atom. The molecule has 0 radical (unpaired) electrons. The van der Waals surface area contributed by atoms with E-state index in [9.17, 15) is 0 Å². The van der Waals surface area contributed by atoms with E-state index in [2.05, 4.69) is 41.6 Å². The quantitative estimate of drug-likeness (QED) is 0.575. The van der Waals surface area contributed by atoms with Crippen LogP contribution in [0.5, 0.6) is 0 Å². The Hall–Kier alpha value is -1.69. The molecule has 0 unspecified atom stereocenters. The third-order valence-electron chi connectivity index (χ3n) is 3.65. The third kappa shape index (κ3) is 3.63. The van der Waals surface area contributed by atoms with Crippen molar-refractivity contribution in [3.05, 3.63) is 52.0 Å². The molecule has 1 heterocycles. The molecule has 3 rings (SSSR count). The van der Waals surface area contributed by atoms with Crippen LogP contribution in [-0.2, 0) is 0 Å². The van der Waals surface area contributed by atoms with Gasteiger partial charge in [0.15, 0.2) is 10.2 Å². The van der Waals surface area contributed by atoms with Crippen molar-refractivity contribution in [1.82, 2.24) is 4.98 Å². The van der Waals surface area contributed by atoms with Gasteiger partial charge in [0.25, 0.3) is 0 Å². The molecular formula is C17H16ClN3S2. The van der Waals surface area contributed by atoms with Gasteiger partial charge in [0.2, 0.25) is 0 Å². The van der Waals surface area contributed by atoms with E-state index in [1.54, 1.807) is 11.3 Å². The van der Waals surface area contributed by atoms with Crippen LogP contribution in [0.1, 0.15) is 16.7 Å². The van der Waals surface area contributed by atoms with Crippen LogP contribution < -0.4 is 10.6 Å². The predicted molar refractivity (Wildman–Crippen MR) is 105 cm³/mol. The lowest BCUT2D eigenvalue weighted by Gasteiger charge is -2.09. The zero-order valence-electron chi connectivity index (χ0n) is 13.0. The van der Waals surface area contributed by atoms with Crippen LogP contribution in [0, 0.1) is 20.8 Å². The molecule has 0 bridgehead atoms. The number of nitrogens with one attached hydrogen (secondary N) is 2. The van der Waals surface area contributed by atoms with E-state index in [1.165, 1.54) is 11.1 Å². The first-order valence-electron chi connectivity index (χ1n) is 7.14. The van der Waals surface area contributed by atoms with Crippen LogP contribution in [0.2, 0.25) is 5.02 Å². The maximum Gasteiger partial charge on any atom is 0.190 e. The molecule has 3 nitrogen and oxygen atoms in total. The Kier molecular flexibility index (Phi) is 4.53. The van der Waals surface area contributed by atoms with E-state index in [1.807, 2.05) is 25.1 Å². The second-order valence-electron chi connectivity index (χ2n) is 5.47. The topological polar surface area (TPSA) is 37.0 Å². The smallest absolute Gasteiger partial charge is 0.190 e. The summed E-state index contributed by atoms with van der Waals surface area (Å²) in [6.45, 7) is 6.16. The maximum absolute atomic E-state index is 6.13. The van der Waals surface area contributed by atoms with Gasteiger partial charge in [0.05, 0.1) is 10.2 Å². The van der Waals surface area contributed by atoms with Crippen molar-refractivity contribution in [2.75, 3.05) is 10.6 Å². The SMILES string of the molecule is Cc1cc2nc(NC(=S)Nc3ccc(C)c(Cl)c3)sc2cc1C. The molecule has 0 amide bonds. The number of aromatic nitrogens is 1. The Morgan fingerprint density at radius 3 is 2.52 bits per heavy atom. The molecular weight excluding hydrogens is 346 g/mol. The summed E-state index contributed by atoms with van der Waals surface area (Å²) in [5.41, 5.74) is 5.38. The lowest BCUT2D eigenvalue weighted by molar-refractivity contribution is 1.35. The summed E-state index contributed by atoms with van der Waals surface area (Å²) in [5.74, 6) is 0. The van der Waals surface area contributed by atoms with Crippen molar-refractivity contribution in [2.45, 2.75) is 20.8 Å². The van der Waals surface area contributed by atoms with E-state index >= 15 is 0 Å². The molecule has 0 aliphatic heterocycles. The van der Waals surface area contributed by atoms with Gasteiger partial charge in [0.1, 0.15) is 0 Å². The molecule has 0 spiro atoms. The van der Waals surface area contributed by atoms with Gasteiger partial charge in [-0.2, -0.15) is 0 Å². The van der Waals surface area contributed by atoms with Gasteiger partial charge in [-0.1, -0.05) is 29.0 Å². The summed E-state index contributed by atoms with van der Waals surface area (Å²) >= 11 is 13.1. The second-order valence-corrected chi connectivity index (χ2v) is 7.31. The largest absolute Gasteiger partial charge is 0.332 e. The minimum atomic E-state index is 0.498. The first-order valence-corrected chi connectivity index (χ1v) is 8.74. The Morgan fingerprint density at radius 2 is 1.78 bits per heavy atom. The highest BCUT2D eigenvalue weighted by Gasteiger charge is 2.08. The maximum atomic E-state index is 6.13. The van der Waals surface area contributed by atoms with Gasteiger partial charge in [-0.3, -0.25) is 0 Å². The highest BCUT2D eigenvalue weighted by molar-refractivity contribution is 7.80. The summed E-state index contributed by atoms with van der Waals surface area (Å²) in [5, 5.41) is 8.25. The molecule has 23 heavy (non-hydrogen) atoms. The molecule has 118 valence electrons. The number of thiocarbonyl (C=S) groups is 1. The van der Waals surface area contributed by atoms with Crippen LogP contribution in [-0.4, -0.2) is 10.1 Å². The number of hydrogen-bond acceptors (Lipinski definition) is 3. The fraction of sp³-hybridized carbons (Fsp3) is 0.176. The number of thiazole rings is 1. The summed E-state index contributed by atoms with van der Waals surface area (Å²) in [6, 6.07) is 10.0. The van der Waals surface area contributed by atoms with Crippen molar-refractivity contribution in [1.29, 1.82) is 0 Å². The van der Waals surface area contributed by atoms with E-state index < -0.39 is 0 Å². The molecule has 0 saturated carbocycles. The van der Waals surface area contributed by atoms with Gasteiger partial charge >= 0.3 is 0 Å². The molecule has 0 aliphatic carbocycles. The van der Waals surface area contributed by atoms with Gasteiger partial charge in [0, 0.05) is 10.7 Å². The summed E-state index contributed by atoms with van der Waals surface area (Å²) in [4.78, 5) is 4.58. The van der Waals surface area contributed by atoms with Crippen molar-refractivity contribution in [3.8, 4) is 0 Å². The van der Waals surface area contributed by atoms with Crippen molar-refractivity contribution in [3.63, 3.8) is 0 Å². The lowest BCUT2D eigenvalue weighted by Crippen LogP contribution is -2.18. The lowest BCUT2D eigenvalue weighted by atomic mass is 10.1. The van der Waals surface area contributed by atoms with E-state index in [4.69, 9.17) is 23.8 Å². The summed E-state index contributed by atoms with van der Waals surface area (Å²) in [7, 11) is 0. The van der Waals surface area contributed by atoms with Crippen molar-refractivity contribution < 1.29 is 0 Å². The van der Waals surface area contributed by atoms with Crippen LogP contribution in [0.15, 0.2) is 30.3 Å². The molecule has 0 atom stereocenters. The second kappa shape index (κ2) is 6.43. The van der Waals surface area contributed by atoms with Crippen LogP contribution in [0.3, 0.4) is 0 Å². The first kappa shape index (κ1) is 16.2. The van der Waals surface area contributed by atoms with Crippen molar-refractivity contribution >= 4 is 61.3 Å². The number of hydrogen-bond donors (Lipinski definition) is 2. The van der Waals surface area contributed by atoms with E-state index in [0.29, 0.717) is 10.1 Å². The number of benzene rings is 2. The van der Waals surface area contributed by atoms with Crippen LogP contribution in [0.25, 0.3) is 10.2 Å². The number of anilines is 2.